The molecule has 0 unspecified atom stereocenters. The highest BCUT2D eigenvalue weighted by Gasteiger charge is 2.19. The zero-order valence-electron chi connectivity index (χ0n) is 9.40. The molecule has 0 spiro atoms. The van der Waals surface area contributed by atoms with E-state index in [1.807, 2.05) is 0 Å². The number of nitrogens with two attached hydrogens (primary N) is 1. The first-order valence-corrected chi connectivity index (χ1v) is 5.38. The fourth-order valence-corrected chi connectivity index (χ4v) is 1.83. The second kappa shape index (κ2) is 4.58. The highest BCUT2D eigenvalue weighted by Crippen LogP contribution is 2.42. The van der Waals surface area contributed by atoms with Crippen molar-refractivity contribution in [3.8, 4) is 16.9 Å². The summed E-state index contributed by atoms with van der Waals surface area (Å²) in [7, 11) is 0. The number of halogens is 1. The Morgan fingerprint density at radius 2 is 2.28 bits per heavy atom. The predicted molar refractivity (Wildman–Crippen MR) is 67.3 cm³/mol. The van der Waals surface area contributed by atoms with Crippen LogP contribution in [0.2, 0.25) is 5.02 Å². The highest BCUT2D eigenvalue weighted by molar-refractivity contribution is 6.34. The Bertz CT molecular complexity index is 610. The van der Waals surface area contributed by atoms with Gasteiger partial charge in [0.15, 0.2) is 0 Å². The van der Waals surface area contributed by atoms with E-state index in [0.717, 1.165) is 0 Å². The van der Waals surface area contributed by atoms with Crippen LogP contribution in [0.1, 0.15) is 6.92 Å². The molecule has 0 atom stereocenters. The number of phenols is 1. The molecule has 0 saturated carbocycles. The van der Waals surface area contributed by atoms with Gasteiger partial charge < -0.3 is 20.7 Å². The molecule has 1 heterocycles. The smallest absolute Gasteiger partial charge is 0.230 e. The van der Waals surface area contributed by atoms with Crippen molar-refractivity contribution in [2.24, 2.45) is 0 Å². The molecule has 2 rings (SSSR count). The highest BCUT2D eigenvalue weighted by atomic mass is 35.5. The van der Waals surface area contributed by atoms with Crippen LogP contribution < -0.4 is 11.1 Å². The third-order valence-electron chi connectivity index (χ3n) is 2.30. The van der Waals surface area contributed by atoms with Gasteiger partial charge in [0.25, 0.3) is 0 Å². The Labute approximate surface area is 107 Å². The SMILES string of the molecule is CC(=O)Nc1c(O)ccc(Cl)c1-c1cnoc1N. The number of hydrogen-bond acceptors (Lipinski definition) is 5. The second-order valence-electron chi connectivity index (χ2n) is 3.60. The summed E-state index contributed by atoms with van der Waals surface area (Å²) < 4.78 is 4.75. The zero-order chi connectivity index (χ0) is 13.3. The summed E-state index contributed by atoms with van der Waals surface area (Å²) in [5.41, 5.74) is 6.55. The number of anilines is 2. The summed E-state index contributed by atoms with van der Waals surface area (Å²) in [5.74, 6) is -0.414. The topological polar surface area (TPSA) is 101 Å². The minimum atomic E-state index is -0.344. The molecule has 1 aromatic heterocycles. The third-order valence-corrected chi connectivity index (χ3v) is 2.62. The molecular formula is C11H10ClN3O3. The molecule has 0 aliphatic carbocycles. The van der Waals surface area contributed by atoms with Crippen molar-refractivity contribution in [3.05, 3.63) is 23.4 Å². The minimum absolute atomic E-state index is 0.0501. The van der Waals surface area contributed by atoms with Crippen LogP contribution >= 0.6 is 11.6 Å². The van der Waals surface area contributed by atoms with Gasteiger partial charge in [-0.1, -0.05) is 16.8 Å². The number of benzene rings is 1. The van der Waals surface area contributed by atoms with Gasteiger partial charge in [-0.25, -0.2) is 0 Å². The maximum absolute atomic E-state index is 11.1. The number of aromatic hydroxyl groups is 1. The maximum atomic E-state index is 11.1. The van der Waals surface area contributed by atoms with E-state index in [4.69, 9.17) is 21.9 Å². The Morgan fingerprint density at radius 3 is 2.83 bits per heavy atom. The van der Waals surface area contributed by atoms with Gasteiger partial charge in [-0.2, -0.15) is 0 Å². The van der Waals surface area contributed by atoms with Gasteiger partial charge in [-0.05, 0) is 12.1 Å². The van der Waals surface area contributed by atoms with Crippen LogP contribution in [-0.2, 0) is 4.79 Å². The Hall–Kier alpha value is -2.21. The molecule has 7 heteroatoms. The van der Waals surface area contributed by atoms with Crippen molar-refractivity contribution in [3.63, 3.8) is 0 Å². The van der Waals surface area contributed by atoms with Crippen molar-refractivity contribution in [2.75, 3.05) is 11.1 Å². The van der Waals surface area contributed by atoms with E-state index >= 15 is 0 Å². The van der Waals surface area contributed by atoms with Gasteiger partial charge in [0.05, 0.1) is 22.5 Å². The Morgan fingerprint density at radius 1 is 1.56 bits per heavy atom. The van der Waals surface area contributed by atoms with Crippen LogP contribution in [0, 0.1) is 0 Å². The van der Waals surface area contributed by atoms with Crippen molar-refractivity contribution >= 4 is 29.1 Å². The molecule has 6 nitrogen and oxygen atoms in total. The quantitative estimate of drug-likeness (QED) is 0.724. The summed E-state index contributed by atoms with van der Waals surface area (Å²) in [6, 6.07) is 2.87. The predicted octanol–water partition coefficient (Wildman–Crippen LogP) is 2.24. The fraction of sp³-hybridized carbons (Fsp3) is 0.0909. The largest absolute Gasteiger partial charge is 0.506 e. The van der Waals surface area contributed by atoms with Crippen LogP contribution in [0.25, 0.3) is 11.1 Å². The number of phenolic OH excluding ortho intramolecular Hbond substituents is 1. The molecule has 94 valence electrons. The van der Waals surface area contributed by atoms with Gasteiger partial charge in [0.2, 0.25) is 11.8 Å². The van der Waals surface area contributed by atoms with E-state index in [9.17, 15) is 9.90 Å². The molecule has 0 aliphatic heterocycles. The summed E-state index contributed by atoms with van der Waals surface area (Å²) in [6.07, 6.45) is 1.36. The second-order valence-corrected chi connectivity index (χ2v) is 4.01. The van der Waals surface area contributed by atoms with E-state index in [0.29, 0.717) is 16.1 Å². The van der Waals surface area contributed by atoms with Gasteiger partial charge >= 0.3 is 0 Å². The van der Waals surface area contributed by atoms with E-state index in [-0.39, 0.29) is 23.2 Å². The molecule has 0 aliphatic rings. The number of rotatable bonds is 2. The molecule has 4 N–H and O–H groups in total. The summed E-state index contributed by atoms with van der Waals surface area (Å²) in [6.45, 7) is 1.32. The normalized spacial score (nSPS) is 10.3. The number of aromatic nitrogens is 1. The standard InChI is InChI=1S/C11H10ClN3O3/c1-5(16)15-10-8(17)3-2-7(12)9(10)6-4-14-18-11(6)13/h2-4,17H,13H2,1H3,(H,15,16). The summed E-state index contributed by atoms with van der Waals surface area (Å²) >= 11 is 6.06. The Kier molecular flexibility index (Phi) is 3.12. The molecular weight excluding hydrogens is 258 g/mol. The number of nitrogen functional groups attached to an aromatic ring is 1. The molecule has 0 saturated heterocycles. The first-order chi connectivity index (χ1) is 8.50. The van der Waals surface area contributed by atoms with Crippen molar-refractivity contribution in [1.82, 2.24) is 5.16 Å². The molecule has 1 aromatic carbocycles. The van der Waals surface area contributed by atoms with E-state index in [1.54, 1.807) is 0 Å². The van der Waals surface area contributed by atoms with Gasteiger partial charge in [-0.15, -0.1) is 0 Å². The van der Waals surface area contributed by atoms with Crippen molar-refractivity contribution < 1.29 is 14.4 Å². The number of hydrogen-bond donors (Lipinski definition) is 3. The lowest BCUT2D eigenvalue weighted by Gasteiger charge is -2.12. The molecule has 1 amide bonds. The molecule has 0 bridgehead atoms. The van der Waals surface area contributed by atoms with E-state index in [2.05, 4.69) is 10.5 Å². The lowest BCUT2D eigenvalue weighted by molar-refractivity contribution is -0.114. The van der Waals surface area contributed by atoms with Crippen LogP contribution in [0.4, 0.5) is 11.6 Å². The summed E-state index contributed by atoms with van der Waals surface area (Å²) in [4.78, 5) is 11.1. The molecule has 18 heavy (non-hydrogen) atoms. The van der Waals surface area contributed by atoms with Crippen LogP contribution in [0.3, 0.4) is 0 Å². The van der Waals surface area contributed by atoms with Gasteiger partial charge in [-0.3, -0.25) is 4.79 Å². The van der Waals surface area contributed by atoms with Crippen LogP contribution in [0.5, 0.6) is 5.75 Å². The van der Waals surface area contributed by atoms with E-state index < -0.39 is 0 Å². The minimum Gasteiger partial charge on any atom is -0.506 e. The van der Waals surface area contributed by atoms with E-state index in [1.165, 1.54) is 25.3 Å². The number of carbonyl (C=O) groups excluding carboxylic acids is 1. The molecule has 0 fully saturated rings. The first-order valence-electron chi connectivity index (χ1n) is 5.00. The number of nitrogens with zero attached hydrogens (tertiary/aromatic N) is 1. The first kappa shape index (κ1) is 12.3. The number of nitrogens with one attached hydrogen (secondary N) is 1. The van der Waals surface area contributed by atoms with Crippen molar-refractivity contribution in [1.29, 1.82) is 0 Å². The lowest BCUT2D eigenvalue weighted by atomic mass is 10.1. The summed E-state index contributed by atoms with van der Waals surface area (Å²) in [5, 5.41) is 16.1. The van der Waals surface area contributed by atoms with Gasteiger partial charge in [0, 0.05) is 12.5 Å². The Balaban J connectivity index is 2.68. The molecule has 2 aromatic rings. The fourth-order valence-electron chi connectivity index (χ4n) is 1.57. The lowest BCUT2D eigenvalue weighted by Crippen LogP contribution is -2.07. The number of carbonyl (C=O) groups is 1. The third kappa shape index (κ3) is 2.10. The monoisotopic (exact) mass is 267 g/mol. The van der Waals surface area contributed by atoms with Gasteiger partial charge in [0.1, 0.15) is 5.75 Å². The van der Waals surface area contributed by atoms with Crippen LogP contribution in [-0.4, -0.2) is 16.2 Å². The zero-order valence-corrected chi connectivity index (χ0v) is 10.2. The number of amides is 1. The average molecular weight is 268 g/mol. The van der Waals surface area contributed by atoms with Crippen LogP contribution in [0.15, 0.2) is 22.9 Å². The average Bonchev–Trinajstić information content (AvgIpc) is 2.70. The van der Waals surface area contributed by atoms with Crippen molar-refractivity contribution in [2.45, 2.75) is 6.92 Å². The molecule has 0 radical (unpaired) electrons. The maximum Gasteiger partial charge on any atom is 0.230 e.